The van der Waals surface area contributed by atoms with Crippen LogP contribution in [-0.2, 0) is 13.5 Å². The van der Waals surface area contributed by atoms with Crippen molar-refractivity contribution in [1.82, 2.24) is 9.55 Å². The Morgan fingerprint density at radius 1 is 1.37 bits per heavy atom. The van der Waals surface area contributed by atoms with E-state index in [2.05, 4.69) is 4.98 Å². The molecule has 0 aliphatic rings. The highest BCUT2D eigenvalue weighted by Crippen LogP contribution is 2.28. The third-order valence-corrected chi connectivity index (χ3v) is 3.10. The number of hydrogen-bond acceptors (Lipinski definition) is 5. The number of aryl methyl sites for hydroxylation is 2. The van der Waals surface area contributed by atoms with Crippen LogP contribution in [0.15, 0.2) is 31.8 Å². The normalized spacial score (nSPS) is 11.3. The lowest BCUT2D eigenvalue weighted by Gasteiger charge is -1.99. The lowest BCUT2D eigenvalue weighted by atomic mass is 10.1. The second-order valence-corrected chi connectivity index (χ2v) is 4.29. The minimum atomic E-state index is -0.387. The summed E-state index contributed by atoms with van der Waals surface area (Å²) in [5.74, 6) is 0.331. The van der Waals surface area contributed by atoms with Gasteiger partial charge in [-0.05, 0) is 12.1 Å². The van der Waals surface area contributed by atoms with Crippen molar-refractivity contribution in [3.63, 3.8) is 0 Å². The molecule has 0 saturated heterocycles. The number of rotatable bonds is 2. The first-order chi connectivity index (χ1) is 9.10. The van der Waals surface area contributed by atoms with Gasteiger partial charge in [-0.1, -0.05) is 13.0 Å². The van der Waals surface area contributed by atoms with Crippen molar-refractivity contribution in [2.75, 3.05) is 5.73 Å². The highest BCUT2D eigenvalue weighted by molar-refractivity contribution is 5.80. The summed E-state index contributed by atoms with van der Waals surface area (Å²) in [5.41, 5.74) is 8.35. The molecule has 6 heteroatoms. The first-order valence-electron chi connectivity index (χ1n) is 5.95. The lowest BCUT2D eigenvalue weighted by molar-refractivity contribution is 0.528. The number of aromatic nitrogens is 2. The highest BCUT2D eigenvalue weighted by Gasteiger charge is 2.14. The van der Waals surface area contributed by atoms with Gasteiger partial charge in [-0.25, -0.2) is 4.79 Å². The van der Waals surface area contributed by atoms with Crippen molar-refractivity contribution < 1.29 is 8.83 Å². The number of hydrogen-bond donors (Lipinski definition) is 1. The van der Waals surface area contributed by atoms with E-state index in [0.717, 1.165) is 16.8 Å². The van der Waals surface area contributed by atoms with Crippen LogP contribution in [0.3, 0.4) is 0 Å². The Morgan fingerprint density at radius 3 is 2.89 bits per heavy atom. The standard InChI is InChI=1S/C13H13N3O3/c1-3-9-11(15-12(14)18-9)7-4-5-8-10(6-7)19-13(17)16(8)2/h4-6H,3H2,1-2H3,(H2,14,15). The molecular weight excluding hydrogens is 246 g/mol. The zero-order chi connectivity index (χ0) is 13.6. The maximum atomic E-state index is 11.5. The van der Waals surface area contributed by atoms with Gasteiger partial charge in [0.15, 0.2) is 5.58 Å². The summed E-state index contributed by atoms with van der Waals surface area (Å²) < 4.78 is 11.9. The van der Waals surface area contributed by atoms with Gasteiger partial charge in [0, 0.05) is 19.0 Å². The minimum Gasteiger partial charge on any atom is -0.428 e. The van der Waals surface area contributed by atoms with E-state index in [9.17, 15) is 4.79 Å². The smallest absolute Gasteiger partial charge is 0.419 e. The zero-order valence-electron chi connectivity index (χ0n) is 10.6. The molecule has 2 aromatic heterocycles. The zero-order valence-corrected chi connectivity index (χ0v) is 10.6. The number of nitrogen functional groups attached to an aromatic ring is 1. The Morgan fingerprint density at radius 2 is 2.16 bits per heavy atom. The van der Waals surface area contributed by atoms with Crippen LogP contribution in [0.2, 0.25) is 0 Å². The van der Waals surface area contributed by atoms with Gasteiger partial charge < -0.3 is 14.6 Å². The van der Waals surface area contributed by atoms with E-state index in [1.165, 1.54) is 4.57 Å². The van der Waals surface area contributed by atoms with E-state index in [0.29, 0.717) is 17.7 Å². The van der Waals surface area contributed by atoms with Gasteiger partial charge in [0.25, 0.3) is 6.01 Å². The van der Waals surface area contributed by atoms with Gasteiger partial charge >= 0.3 is 5.76 Å². The largest absolute Gasteiger partial charge is 0.428 e. The molecule has 0 bridgehead atoms. The first kappa shape index (κ1) is 11.6. The van der Waals surface area contributed by atoms with Crippen molar-refractivity contribution in [2.45, 2.75) is 13.3 Å². The van der Waals surface area contributed by atoms with Crippen LogP contribution < -0.4 is 11.5 Å². The summed E-state index contributed by atoms with van der Waals surface area (Å²) in [7, 11) is 1.67. The summed E-state index contributed by atoms with van der Waals surface area (Å²) in [6, 6.07) is 5.60. The molecule has 3 aromatic rings. The fourth-order valence-electron chi connectivity index (χ4n) is 2.12. The van der Waals surface area contributed by atoms with Gasteiger partial charge in [0.1, 0.15) is 11.5 Å². The second kappa shape index (κ2) is 4.01. The van der Waals surface area contributed by atoms with Gasteiger partial charge in [0.05, 0.1) is 5.52 Å². The number of fused-ring (bicyclic) bond motifs is 1. The highest BCUT2D eigenvalue weighted by atomic mass is 16.4. The van der Waals surface area contributed by atoms with Crippen LogP contribution >= 0.6 is 0 Å². The van der Waals surface area contributed by atoms with Gasteiger partial charge in [-0.15, -0.1) is 0 Å². The third kappa shape index (κ3) is 1.72. The quantitative estimate of drug-likeness (QED) is 0.759. The molecule has 0 spiro atoms. The number of anilines is 1. The number of benzene rings is 1. The fraction of sp³-hybridized carbons (Fsp3) is 0.231. The predicted octanol–water partition coefficient (Wildman–Crippen LogP) is 1.93. The molecule has 3 rings (SSSR count). The Balaban J connectivity index is 2.23. The van der Waals surface area contributed by atoms with Gasteiger partial charge in [0.2, 0.25) is 0 Å². The van der Waals surface area contributed by atoms with Crippen LogP contribution in [0.1, 0.15) is 12.7 Å². The summed E-state index contributed by atoms with van der Waals surface area (Å²) in [6.45, 7) is 1.96. The van der Waals surface area contributed by atoms with E-state index >= 15 is 0 Å². The molecule has 0 aliphatic carbocycles. The maximum absolute atomic E-state index is 11.5. The topological polar surface area (TPSA) is 87.2 Å². The van der Waals surface area contributed by atoms with E-state index < -0.39 is 0 Å². The Hall–Kier alpha value is -2.50. The van der Waals surface area contributed by atoms with E-state index in [1.54, 1.807) is 13.1 Å². The molecule has 0 saturated carbocycles. The van der Waals surface area contributed by atoms with Gasteiger partial charge in [-0.2, -0.15) is 4.98 Å². The van der Waals surface area contributed by atoms with Crippen LogP contribution in [0.4, 0.5) is 6.01 Å². The maximum Gasteiger partial charge on any atom is 0.419 e. The summed E-state index contributed by atoms with van der Waals surface area (Å²) in [5, 5.41) is 0. The monoisotopic (exact) mass is 259 g/mol. The summed E-state index contributed by atoms with van der Waals surface area (Å²) in [4.78, 5) is 15.6. The van der Waals surface area contributed by atoms with Gasteiger partial charge in [-0.3, -0.25) is 4.57 Å². The van der Waals surface area contributed by atoms with Crippen LogP contribution in [0, 0.1) is 0 Å². The third-order valence-electron chi connectivity index (χ3n) is 3.10. The molecule has 0 amide bonds. The number of nitrogens with two attached hydrogens (primary N) is 1. The molecule has 0 radical (unpaired) electrons. The molecule has 1 aromatic carbocycles. The number of nitrogens with zero attached hydrogens (tertiary/aromatic N) is 2. The average Bonchev–Trinajstić information content (AvgIpc) is 2.91. The minimum absolute atomic E-state index is 0.140. The predicted molar refractivity (Wildman–Crippen MR) is 70.7 cm³/mol. The molecule has 2 heterocycles. The van der Waals surface area contributed by atoms with E-state index in [-0.39, 0.29) is 11.8 Å². The van der Waals surface area contributed by atoms with Crippen molar-refractivity contribution >= 4 is 17.1 Å². The fourth-order valence-corrected chi connectivity index (χ4v) is 2.12. The second-order valence-electron chi connectivity index (χ2n) is 4.29. The summed E-state index contributed by atoms with van der Waals surface area (Å²) >= 11 is 0. The Labute approximate surface area is 108 Å². The summed E-state index contributed by atoms with van der Waals surface area (Å²) in [6.07, 6.45) is 0.691. The molecule has 0 aliphatic heterocycles. The Bertz CT molecular complexity index is 810. The van der Waals surface area contributed by atoms with Crippen LogP contribution in [0.5, 0.6) is 0 Å². The molecule has 0 atom stereocenters. The van der Waals surface area contributed by atoms with Crippen molar-refractivity contribution in [2.24, 2.45) is 7.05 Å². The van der Waals surface area contributed by atoms with Crippen molar-refractivity contribution in [3.8, 4) is 11.3 Å². The van der Waals surface area contributed by atoms with Crippen LogP contribution in [-0.4, -0.2) is 9.55 Å². The molecule has 0 fully saturated rings. The molecular formula is C13H13N3O3. The Kier molecular flexibility index (Phi) is 2.45. The molecule has 2 N–H and O–H groups in total. The van der Waals surface area contributed by atoms with Crippen molar-refractivity contribution in [1.29, 1.82) is 0 Å². The van der Waals surface area contributed by atoms with Crippen LogP contribution in [0.25, 0.3) is 22.4 Å². The molecule has 6 nitrogen and oxygen atoms in total. The van der Waals surface area contributed by atoms with E-state index in [1.807, 2.05) is 19.1 Å². The number of oxazole rings is 2. The molecule has 0 unspecified atom stereocenters. The van der Waals surface area contributed by atoms with Crippen molar-refractivity contribution in [3.05, 3.63) is 34.5 Å². The SMILES string of the molecule is CCc1oc(N)nc1-c1ccc2c(c1)oc(=O)n2C. The van der Waals surface area contributed by atoms with E-state index in [4.69, 9.17) is 14.6 Å². The lowest BCUT2D eigenvalue weighted by Crippen LogP contribution is -2.08. The molecule has 98 valence electrons. The molecule has 19 heavy (non-hydrogen) atoms. The average molecular weight is 259 g/mol. The first-order valence-corrected chi connectivity index (χ1v) is 5.95.